The van der Waals surface area contributed by atoms with Crippen LogP contribution in [0.1, 0.15) is 16.7 Å². The van der Waals surface area contributed by atoms with Gasteiger partial charge in [-0.3, -0.25) is 4.79 Å². The summed E-state index contributed by atoms with van der Waals surface area (Å²) in [6.07, 6.45) is -2.01. The second kappa shape index (κ2) is 8.03. The summed E-state index contributed by atoms with van der Waals surface area (Å²) >= 11 is 0. The fourth-order valence-corrected chi connectivity index (χ4v) is 4.52. The molecule has 11 heteroatoms. The van der Waals surface area contributed by atoms with Gasteiger partial charge in [-0.2, -0.15) is 13.2 Å². The summed E-state index contributed by atoms with van der Waals surface area (Å²) in [5, 5.41) is 0.511. The van der Waals surface area contributed by atoms with Gasteiger partial charge in [0.1, 0.15) is 29.4 Å². The molecule has 4 aromatic rings. The van der Waals surface area contributed by atoms with Crippen molar-refractivity contribution in [3.05, 3.63) is 71.2 Å². The van der Waals surface area contributed by atoms with Crippen molar-refractivity contribution in [1.29, 1.82) is 0 Å². The Morgan fingerprint density at radius 1 is 1.11 bits per heavy atom. The first-order valence-electron chi connectivity index (χ1n) is 10.6. The third-order valence-corrected chi connectivity index (χ3v) is 6.16. The van der Waals surface area contributed by atoms with Crippen LogP contribution in [0, 0.1) is 11.6 Å². The van der Waals surface area contributed by atoms with Crippen molar-refractivity contribution in [1.82, 2.24) is 14.5 Å². The van der Waals surface area contributed by atoms with Crippen LogP contribution in [0.5, 0.6) is 0 Å². The van der Waals surface area contributed by atoms with Gasteiger partial charge in [-0.15, -0.1) is 0 Å². The number of benzene rings is 2. The minimum Gasteiger partial charge on any atom is -0.383 e. The molecular weight excluding hydrogens is 469 g/mol. The summed E-state index contributed by atoms with van der Waals surface area (Å²) in [6, 6.07) is 5.58. The van der Waals surface area contributed by atoms with E-state index in [1.54, 1.807) is 23.9 Å². The highest BCUT2D eigenvalue weighted by atomic mass is 19.4. The Balaban J connectivity index is 1.47. The van der Waals surface area contributed by atoms with Gasteiger partial charge in [-0.05, 0) is 36.2 Å². The molecule has 2 aromatic carbocycles. The van der Waals surface area contributed by atoms with Crippen LogP contribution in [-0.2, 0) is 30.9 Å². The van der Waals surface area contributed by atoms with Crippen molar-refractivity contribution in [2.24, 2.45) is 7.05 Å². The van der Waals surface area contributed by atoms with Crippen molar-refractivity contribution >= 4 is 28.4 Å². The van der Waals surface area contributed by atoms with Gasteiger partial charge >= 0.3 is 6.18 Å². The molecule has 5 rings (SSSR count). The molecule has 0 fully saturated rings. The van der Waals surface area contributed by atoms with Crippen LogP contribution in [0.4, 0.5) is 33.5 Å². The SMILES string of the molecule is Cn1cc(-c2ccc3c(c2F)CCN3C(=O)Cc2ccc(F)c(C(F)(F)F)c2)c2c(N)ncnc21. The smallest absolute Gasteiger partial charge is 0.383 e. The van der Waals surface area contributed by atoms with E-state index in [9.17, 15) is 22.4 Å². The molecule has 0 bridgehead atoms. The van der Waals surface area contributed by atoms with Crippen LogP contribution in [-0.4, -0.2) is 27.0 Å². The molecule has 180 valence electrons. The molecule has 0 spiro atoms. The van der Waals surface area contributed by atoms with Crippen molar-refractivity contribution in [3.63, 3.8) is 0 Å². The average molecular weight is 487 g/mol. The predicted octanol–water partition coefficient (Wildman–Crippen LogP) is 4.65. The fourth-order valence-electron chi connectivity index (χ4n) is 4.52. The maximum atomic E-state index is 15.6. The lowest BCUT2D eigenvalue weighted by atomic mass is 10.0. The van der Waals surface area contributed by atoms with E-state index in [1.807, 2.05) is 0 Å². The Morgan fingerprint density at radius 3 is 2.63 bits per heavy atom. The molecule has 0 unspecified atom stereocenters. The number of nitrogen functional groups attached to an aromatic ring is 1. The number of nitrogens with zero attached hydrogens (tertiary/aromatic N) is 4. The molecule has 3 heterocycles. The van der Waals surface area contributed by atoms with Crippen molar-refractivity contribution in [3.8, 4) is 11.1 Å². The molecule has 0 saturated carbocycles. The Kier molecular flexibility index (Phi) is 5.22. The number of rotatable bonds is 3. The summed E-state index contributed by atoms with van der Waals surface area (Å²) in [5.41, 5.74) is 6.60. The second-order valence-electron chi connectivity index (χ2n) is 8.32. The van der Waals surface area contributed by atoms with E-state index in [2.05, 4.69) is 9.97 Å². The monoisotopic (exact) mass is 487 g/mol. The van der Waals surface area contributed by atoms with Crippen LogP contribution in [0.15, 0.2) is 42.9 Å². The first-order chi connectivity index (χ1) is 16.6. The van der Waals surface area contributed by atoms with Gasteiger partial charge in [0.05, 0.1) is 17.4 Å². The lowest BCUT2D eigenvalue weighted by molar-refractivity contribution is -0.140. The summed E-state index contributed by atoms with van der Waals surface area (Å²) in [7, 11) is 1.75. The number of aryl methyl sites for hydroxylation is 1. The highest BCUT2D eigenvalue weighted by Gasteiger charge is 2.35. The van der Waals surface area contributed by atoms with Gasteiger partial charge < -0.3 is 15.2 Å². The average Bonchev–Trinajstić information content (AvgIpc) is 3.37. The molecule has 0 radical (unpaired) electrons. The van der Waals surface area contributed by atoms with Gasteiger partial charge in [0, 0.05) is 42.2 Å². The summed E-state index contributed by atoms with van der Waals surface area (Å²) in [5.74, 6) is -2.23. The quantitative estimate of drug-likeness (QED) is 0.427. The zero-order valence-electron chi connectivity index (χ0n) is 18.3. The Morgan fingerprint density at radius 2 is 1.89 bits per heavy atom. The number of halogens is 5. The summed E-state index contributed by atoms with van der Waals surface area (Å²) < 4.78 is 70.0. The topological polar surface area (TPSA) is 77.0 Å². The Hall–Kier alpha value is -4.02. The van der Waals surface area contributed by atoms with Crippen LogP contribution in [0.2, 0.25) is 0 Å². The maximum Gasteiger partial charge on any atom is 0.419 e. The van der Waals surface area contributed by atoms with Crippen LogP contribution in [0.25, 0.3) is 22.2 Å². The summed E-state index contributed by atoms with van der Waals surface area (Å²) in [4.78, 5) is 22.4. The standard InChI is InChI=1S/C24H18F5N5O/c1-33-10-15(20-22(30)31-11-32-23(20)33)13-3-5-18-14(21(13)26)6-7-34(18)19(35)9-12-2-4-17(25)16(8-12)24(27,28)29/h2-5,8,10-11H,6-7,9H2,1H3,(H2,30,31,32). The van der Waals surface area contributed by atoms with E-state index in [0.29, 0.717) is 40.0 Å². The number of carbonyl (C=O) groups is 1. The third kappa shape index (κ3) is 3.76. The van der Waals surface area contributed by atoms with Crippen LogP contribution >= 0.6 is 0 Å². The largest absolute Gasteiger partial charge is 0.419 e. The molecule has 2 N–H and O–H groups in total. The second-order valence-corrected chi connectivity index (χ2v) is 8.32. The van der Waals surface area contributed by atoms with E-state index in [-0.39, 0.29) is 36.3 Å². The number of nitrogens with two attached hydrogens (primary N) is 1. The molecule has 1 aliphatic rings. The minimum absolute atomic E-state index is 0.0143. The van der Waals surface area contributed by atoms with Crippen molar-refractivity contribution < 1.29 is 26.7 Å². The zero-order chi connectivity index (χ0) is 25.1. The van der Waals surface area contributed by atoms with Gasteiger partial charge in [0.15, 0.2) is 0 Å². The van der Waals surface area contributed by atoms with E-state index in [1.165, 1.54) is 17.3 Å². The normalized spacial score (nSPS) is 13.5. The number of fused-ring (bicyclic) bond motifs is 2. The number of aromatic nitrogens is 3. The number of amides is 1. The van der Waals surface area contributed by atoms with Gasteiger partial charge in [0.25, 0.3) is 0 Å². The third-order valence-electron chi connectivity index (χ3n) is 6.16. The Labute approximate surface area is 195 Å². The fraction of sp³-hybridized carbons (Fsp3) is 0.208. The molecule has 0 aliphatic carbocycles. The maximum absolute atomic E-state index is 15.6. The molecule has 2 aromatic heterocycles. The van der Waals surface area contributed by atoms with Crippen molar-refractivity contribution in [2.75, 3.05) is 17.2 Å². The van der Waals surface area contributed by atoms with Crippen molar-refractivity contribution in [2.45, 2.75) is 19.0 Å². The van der Waals surface area contributed by atoms with E-state index < -0.39 is 29.3 Å². The molecule has 35 heavy (non-hydrogen) atoms. The van der Waals surface area contributed by atoms with Gasteiger partial charge in [0.2, 0.25) is 5.91 Å². The van der Waals surface area contributed by atoms with Crippen LogP contribution in [0.3, 0.4) is 0 Å². The molecule has 6 nitrogen and oxygen atoms in total. The number of hydrogen-bond donors (Lipinski definition) is 1. The first kappa shape index (κ1) is 22.8. The van der Waals surface area contributed by atoms with E-state index in [4.69, 9.17) is 5.73 Å². The molecule has 1 amide bonds. The highest BCUT2D eigenvalue weighted by Crippen LogP contribution is 2.40. The number of alkyl halides is 3. The first-order valence-corrected chi connectivity index (χ1v) is 10.6. The lowest BCUT2D eigenvalue weighted by Gasteiger charge is -2.18. The lowest BCUT2D eigenvalue weighted by Crippen LogP contribution is -2.30. The number of hydrogen-bond acceptors (Lipinski definition) is 4. The number of carbonyl (C=O) groups excluding carboxylic acids is 1. The highest BCUT2D eigenvalue weighted by molar-refractivity contribution is 6.02. The van der Waals surface area contributed by atoms with Gasteiger partial charge in [-0.1, -0.05) is 6.07 Å². The minimum atomic E-state index is -4.88. The Bertz CT molecular complexity index is 1490. The number of anilines is 2. The molecule has 1 aliphatic heterocycles. The van der Waals surface area contributed by atoms with E-state index in [0.717, 1.165) is 6.07 Å². The zero-order valence-corrected chi connectivity index (χ0v) is 18.3. The molecular formula is C24H18F5N5O. The molecule has 0 atom stereocenters. The summed E-state index contributed by atoms with van der Waals surface area (Å²) in [6.45, 7) is 0.169. The molecule has 0 saturated heterocycles. The van der Waals surface area contributed by atoms with Crippen LogP contribution < -0.4 is 10.6 Å². The van der Waals surface area contributed by atoms with Gasteiger partial charge in [-0.25, -0.2) is 18.7 Å². The predicted molar refractivity (Wildman–Crippen MR) is 119 cm³/mol. The van der Waals surface area contributed by atoms with E-state index >= 15 is 4.39 Å².